The number of rotatable bonds is 4. The molecule has 0 unspecified atom stereocenters. The van der Waals surface area contributed by atoms with Crippen LogP contribution >= 0.6 is 15.9 Å². The van der Waals surface area contributed by atoms with Crippen molar-refractivity contribution in [1.29, 1.82) is 0 Å². The standard InChI is InChI=1S/C42H27BrN4O/c43-41-35-21-17-31(44-35)39(27-10-3-1-4-11-27)33-19-23-37(46-33)42(48-30-16-15-26-9-7-8-14-29(26)25-30)38-24-20-34(47-38)40(28-12-5-2-6-13-28)32-18-22-36(41)45-32/h1-25,44,47H. The van der Waals surface area contributed by atoms with E-state index in [0.29, 0.717) is 5.75 Å². The monoisotopic (exact) mass is 682 g/mol. The molecular weight excluding hydrogens is 656 g/mol. The molecule has 4 aromatic carbocycles. The van der Waals surface area contributed by atoms with Crippen molar-refractivity contribution < 1.29 is 4.74 Å². The Morgan fingerprint density at radius 1 is 0.458 bits per heavy atom. The molecule has 0 atom stereocenters. The minimum Gasteiger partial charge on any atom is -0.453 e. The van der Waals surface area contributed by atoms with Crippen molar-refractivity contribution in [2.24, 2.45) is 0 Å². The van der Waals surface area contributed by atoms with Crippen LogP contribution in [0.5, 0.6) is 11.5 Å². The first kappa shape index (κ1) is 28.3. The summed E-state index contributed by atoms with van der Waals surface area (Å²) in [6, 6.07) is 43.5. The Balaban J connectivity index is 1.39. The molecule has 2 aliphatic rings. The van der Waals surface area contributed by atoms with Gasteiger partial charge in [0.05, 0.1) is 32.6 Å². The Hall–Kier alpha value is -5.98. The van der Waals surface area contributed by atoms with Gasteiger partial charge in [0.15, 0.2) is 5.75 Å². The van der Waals surface area contributed by atoms with Crippen molar-refractivity contribution in [1.82, 2.24) is 19.9 Å². The Morgan fingerprint density at radius 2 is 0.979 bits per heavy atom. The van der Waals surface area contributed by atoms with Crippen molar-refractivity contribution in [3.05, 3.63) is 155 Å². The zero-order chi connectivity index (χ0) is 32.0. The number of aromatic nitrogens is 4. The van der Waals surface area contributed by atoms with Gasteiger partial charge in [-0.3, -0.25) is 0 Å². The molecule has 3 aromatic heterocycles. The number of nitrogens with one attached hydrogen (secondary N) is 2. The average Bonchev–Trinajstić information content (AvgIpc) is 3.97. The minimum atomic E-state index is 0.633. The number of benzene rings is 4. The highest BCUT2D eigenvalue weighted by molar-refractivity contribution is 9.10. The van der Waals surface area contributed by atoms with Crippen molar-refractivity contribution >= 4 is 73.1 Å². The first-order valence-electron chi connectivity index (χ1n) is 15.8. The summed E-state index contributed by atoms with van der Waals surface area (Å²) in [5.74, 6) is 1.36. The fraction of sp³-hybridized carbons (Fsp3) is 0. The van der Waals surface area contributed by atoms with Gasteiger partial charge >= 0.3 is 0 Å². The van der Waals surface area contributed by atoms with Gasteiger partial charge in [-0.15, -0.1) is 0 Å². The maximum atomic E-state index is 6.79. The molecule has 0 radical (unpaired) electrons. The molecule has 2 N–H and O–H groups in total. The molecule has 228 valence electrons. The highest BCUT2D eigenvalue weighted by atomic mass is 79.9. The Morgan fingerprint density at radius 3 is 1.67 bits per heavy atom. The second kappa shape index (κ2) is 11.7. The van der Waals surface area contributed by atoms with Crippen LogP contribution in [0.15, 0.2) is 132 Å². The molecule has 9 rings (SSSR count). The number of ether oxygens (including phenoxy) is 1. The zero-order valence-electron chi connectivity index (χ0n) is 25.6. The van der Waals surface area contributed by atoms with Gasteiger partial charge in [-0.1, -0.05) is 91.0 Å². The van der Waals surface area contributed by atoms with Crippen LogP contribution in [0, 0.1) is 0 Å². The first-order valence-corrected chi connectivity index (χ1v) is 16.6. The Bertz CT molecular complexity index is 2560. The molecule has 2 aliphatic heterocycles. The highest BCUT2D eigenvalue weighted by Crippen LogP contribution is 2.38. The van der Waals surface area contributed by atoms with Crippen LogP contribution in [-0.4, -0.2) is 19.9 Å². The van der Waals surface area contributed by atoms with E-state index in [1.165, 1.54) is 0 Å². The van der Waals surface area contributed by atoms with Gasteiger partial charge in [-0.2, -0.15) is 0 Å². The molecule has 0 fully saturated rings. The number of fused-ring (bicyclic) bond motifs is 9. The lowest BCUT2D eigenvalue weighted by molar-refractivity contribution is 0.485. The predicted molar refractivity (Wildman–Crippen MR) is 201 cm³/mol. The number of nitrogens with zero attached hydrogens (tertiary/aromatic N) is 2. The van der Waals surface area contributed by atoms with Gasteiger partial charge in [0.2, 0.25) is 0 Å². The van der Waals surface area contributed by atoms with E-state index in [1.807, 2.05) is 60.7 Å². The summed E-state index contributed by atoms with van der Waals surface area (Å²) in [5, 5.41) is 2.26. The lowest BCUT2D eigenvalue weighted by atomic mass is 10.0. The van der Waals surface area contributed by atoms with Gasteiger partial charge < -0.3 is 14.7 Å². The number of hydrogen-bond acceptors (Lipinski definition) is 3. The van der Waals surface area contributed by atoms with E-state index < -0.39 is 0 Å². The van der Waals surface area contributed by atoms with Gasteiger partial charge in [-0.05, 0) is 98.5 Å². The third kappa shape index (κ3) is 5.03. The topological polar surface area (TPSA) is 66.6 Å². The van der Waals surface area contributed by atoms with E-state index in [9.17, 15) is 0 Å². The van der Waals surface area contributed by atoms with Gasteiger partial charge in [0.25, 0.3) is 0 Å². The molecule has 0 aliphatic carbocycles. The molecule has 0 saturated carbocycles. The van der Waals surface area contributed by atoms with E-state index in [-0.39, 0.29) is 0 Å². The van der Waals surface area contributed by atoms with E-state index in [0.717, 1.165) is 88.1 Å². The van der Waals surface area contributed by atoms with E-state index >= 15 is 0 Å². The normalized spacial score (nSPS) is 12.1. The average molecular weight is 684 g/mol. The van der Waals surface area contributed by atoms with Crippen LogP contribution in [0.1, 0.15) is 22.8 Å². The van der Waals surface area contributed by atoms with Crippen LogP contribution < -0.4 is 4.74 Å². The molecule has 5 nitrogen and oxygen atoms in total. The lowest BCUT2D eigenvalue weighted by Gasteiger charge is -2.09. The van der Waals surface area contributed by atoms with Crippen molar-refractivity contribution in [3.63, 3.8) is 0 Å². The van der Waals surface area contributed by atoms with Crippen molar-refractivity contribution in [2.75, 3.05) is 0 Å². The molecular formula is C42H27BrN4O. The Kier molecular flexibility index (Phi) is 6.87. The lowest BCUT2D eigenvalue weighted by Crippen LogP contribution is -1.90. The summed E-state index contributed by atoms with van der Waals surface area (Å²) >= 11 is 3.87. The molecule has 48 heavy (non-hydrogen) atoms. The SMILES string of the molecule is Brc1c2nc(c(-c3ccccc3)c3ccc([nH]3)c(Oc3ccc4ccccc4c3)c3nc(c(-c4ccccc4)c4ccc1[nH]4)C=C3)C=C2. The van der Waals surface area contributed by atoms with Crippen LogP contribution in [0.25, 0.3) is 79.4 Å². The van der Waals surface area contributed by atoms with Crippen molar-refractivity contribution in [2.45, 2.75) is 0 Å². The summed E-state index contributed by atoms with van der Waals surface area (Å²) in [6.45, 7) is 0. The number of aromatic amines is 2. The molecule has 6 heteroatoms. The molecule has 7 aromatic rings. The Labute approximate surface area is 285 Å². The maximum Gasteiger partial charge on any atom is 0.176 e. The third-order valence-electron chi connectivity index (χ3n) is 8.71. The smallest absolute Gasteiger partial charge is 0.176 e. The number of H-pyrrole nitrogens is 2. The number of hydrogen-bond donors (Lipinski definition) is 2. The maximum absolute atomic E-state index is 6.79. The van der Waals surface area contributed by atoms with Gasteiger partial charge in [0.1, 0.15) is 11.4 Å². The molecule has 0 amide bonds. The van der Waals surface area contributed by atoms with E-state index in [2.05, 4.69) is 117 Å². The van der Waals surface area contributed by atoms with Crippen LogP contribution in [-0.2, 0) is 0 Å². The van der Waals surface area contributed by atoms with E-state index in [4.69, 9.17) is 14.7 Å². The van der Waals surface area contributed by atoms with Gasteiger partial charge in [0, 0.05) is 22.2 Å². The molecule has 0 spiro atoms. The summed E-state index contributed by atoms with van der Waals surface area (Å²) < 4.78 is 7.67. The van der Waals surface area contributed by atoms with E-state index in [1.54, 1.807) is 0 Å². The largest absolute Gasteiger partial charge is 0.453 e. The molecule has 0 saturated heterocycles. The van der Waals surface area contributed by atoms with Crippen molar-refractivity contribution in [3.8, 4) is 33.8 Å². The summed E-state index contributed by atoms with van der Waals surface area (Å²) in [5.41, 5.74) is 11.0. The van der Waals surface area contributed by atoms with Gasteiger partial charge in [-0.25, -0.2) is 9.97 Å². The fourth-order valence-corrected chi connectivity index (χ4v) is 6.87. The predicted octanol–water partition coefficient (Wildman–Crippen LogP) is 11.7. The second-order valence-corrected chi connectivity index (χ2v) is 12.5. The van der Waals surface area contributed by atoms with Crippen LogP contribution in [0.4, 0.5) is 0 Å². The second-order valence-electron chi connectivity index (χ2n) is 11.7. The fourth-order valence-electron chi connectivity index (χ4n) is 6.42. The zero-order valence-corrected chi connectivity index (χ0v) is 27.2. The third-order valence-corrected chi connectivity index (χ3v) is 9.54. The van der Waals surface area contributed by atoms with Crippen LogP contribution in [0.2, 0.25) is 0 Å². The highest BCUT2D eigenvalue weighted by Gasteiger charge is 2.18. The quantitative estimate of drug-likeness (QED) is 0.194. The first-order chi connectivity index (χ1) is 23.7. The number of halogens is 1. The summed E-state index contributed by atoms with van der Waals surface area (Å²) in [7, 11) is 0. The van der Waals surface area contributed by atoms with Crippen LogP contribution in [0.3, 0.4) is 0 Å². The summed E-state index contributed by atoms with van der Waals surface area (Å²) in [6.07, 6.45) is 8.22. The minimum absolute atomic E-state index is 0.633. The molecule has 5 heterocycles. The summed E-state index contributed by atoms with van der Waals surface area (Å²) in [4.78, 5) is 17.7. The molecule has 8 bridgehead atoms.